The number of carbonyl (C=O) groups excluding carboxylic acids is 1. The number of aliphatic hydroxyl groups is 1. The van der Waals surface area contributed by atoms with E-state index in [9.17, 15) is 4.79 Å². The minimum Gasteiger partial charge on any atom is -0.396 e. The van der Waals surface area contributed by atoms with Crippen molar-refractivity contribution in [2.24, 2.45) is 5.92 Å². The summed E-state index contributed by atoms with van der Waals surface area (Å²) in [5.74, 6) is 0.815. The fraction of sp³-hybridized carbons (Fsp3) is 0.700. The number of aromatic nitrogens is 3. The highest BCUT2D eigenvalue weighted by atomic mass is 16.3. The molecule has 1 aromatic rings. The molecule has 0 fully saturated rings. The zero-order valence-electron chi connectivity index (χ0n) is 9.66. The SMILES string of the molecule is Cc1nc(C(=O)NCCCC(C)CO)n[nH]1. The summed E-state index contributed by atoms with van der Waals surface area (Å²) in [6.07, 6.45) is 1.74. The van der Waals surface area contributed by atoms with E-state index >= 15 is 0 Å². The Morgan fingerprint density at radius 3 is 2.94 bits per heavy atom. The molecule has 0 saturated carbocycles. The fourth-order valence-electron chi connectivity index (χ4n) is 1.27. The van der Waals surface area contributed by atoms with Gasteiger partial charge < -0.3 is 10.4 Å². The van der Waals surface area contributed by atoms with Crippen LogP contribution in [0.25, 0.3) is 0 Å². The van der Waals surface area contributed by atoms with Crippen LogP contribution in [0.3, 0.4) is 0 Å². The van der Waals surface area contributed by atoms with Crippen molar-refractivity contribution >= 4 is 5.91 Å². The molecule has 0 radical (unpaired) electrons. The summed E-state index contributed by atoms with van der Waals surface area (Å²) < 4.78 is 0. The summed E-state index contributed by atoms with van der Waals surface area (Å²) in [5, 5.41) is 17.9. The first-order chi connectivity index (χ1) is 7.63. The Morgan fingerprint density at radius 2 is 2.38 bits per heavy atom. The molecule has 0 aromatic carbocycles. The van der Waals surface area contributed by atoms with Crippen LogP contribution in [-0.2, 0) is 0 Å². The van der Waals surface area contributed by atoms with E-state index in [2.05, 4.69) is 20.5 Å². The number of carbonyl (C=O) groups is 1. The lowest BCUT2D eigenvalue weighted by Gasteiger charge is -2.07. The molecule has 90 valence electrons. The Balaban J connectivity index is 2.21. The van der Waals surface area contributed by atoms with Crippen molar-refractivity contribution in [2.45, 2.75) is 26.7 Å². The molecule has 1 amide bonds. The van der Waals surface area contributed by atoms with Crippen LogP contribution in [0.1, 0.15) is 36.2 Å². The number of amides is 1. The van der Waals surface area contributed by atoms with Crippen LogP contribution in [0.15, 0.2) is 0 Å². The maximum Gasteiger partial charge on any atom is 0.290 e. The zero-order chi connectivity index (χ0) is 12.0. The Morgan fingerprint density at radius 1 is 1.62 bits per heavy atom. The van der Waals surface area contributed by atoms with Crippen molar-refractivity contribution in [3.63, 3.8) is 0 Å². The molecular weight excluding hydrogens is 208 g/mol. The van der Waals surface area contributed by atoms with Gasteiger partial charge in [-0.3, -0.25) is 9.89 Å². The Kier molecular flexibility index (Phi) is 4.91. The van der Waals surface area contributed by atoms with E-state index in [1.165, 1.54) is 0 Å². The molecule has 1 aromatic heterocycles. The van der Waals surface area contributed by atoms with E-state index in [4.69, 9.17) is 5.11 Å². The van der Waals surface area contributed by atoms with E-state index in [1.54, 1.807) is 6.92 Å². The Hall–Kier alpha value is -1.43. The zero-order valence-corrected chi connectivity index (χ0v) is 9.66. The summed E-state index contributed by atoms with van der Waals surface area (Å²) in [4.78, 5) is 15.4. The average molecular weight is 226 g/mol. The van der Waals surface area contributed by atoms with Crippen molar-refractivity contribution in [3.8, 4) is 0 Å². The highest BCUT2D eigenvalue weighted by Gasteiger charge is 2.09. The first-order valence-electron chi connectivity index (χ1n) is 5.41. The third-order valence-electron chi connectivity index (χ3n) is 2.27. The Bertz CT molecular complexity index is 337. The molecule has 6 nitrogen and oxygen atoms in total. The van der Waals surface area contributed by atoms with E-state index in [1.807, 2.05) is 6.92 Å². The highest BCUT2D eigenvalue weighted by Crippen LogP contribution is 2.02. The van der Waals surface area contributed by atoms with Crippen LogP contribution >= 0.6 is 0 Å². The molecule has 0 saturated heterocycles. The van der Waals surface area contributed by atoms with Gasteiger partial charge in [0.15, 0.2) is 0 Å². The molecule has 1 heterocycles. The lowest BCUT2D eigenvalue weighted by atomic mass is 10.1. The molecule has 0 aliphatic rings. The summed E-state index contributed by atoms with van der Waals surface area (Å²) in [6.45, 7) is 4.48. The molecule has 6 heteroatoms. The largest absolute Gasteiger partial charge is 0.396 e. The second-order valence-electron chi connectivity index (χ2n) is 3.93. The van der Waals surface area contributed by atoms with Gasteiger partial charge in [0.25, 0.3) is 5.91 Å². The van der Waals surface area contributed by atoms with Crippen LogP contribution in [0.4, 0.5) is 0 Å². The van der Waals surface area contributed by atoms with Gasteiger partial charge in [-0.1, -0.05) is 6.92 Å². The van der Waals surface area contributed by atoms with Gasteiger partial charge in [0.1, 0.15) is 5.82 Å². The van der Waals surface area contributed by atoms with Crippen molar-refractivity contribution in [1.82, 2.24) is 20.5 Å². The predicted molar refractivity (Wildman–Crippen MR) is 58.9 cm³/mol. The third kappa shape index (κ3) is 3.98. The molecule has 0 bridgehead atoms. The van der Waals surface area contributed by atoms with Gasteiger partial charge in [-0.05, 0) is 25.7 Å². The quantitative estimate of drug-likeness (QED) is 0.606. The van der Waals surface area contributed by atoms with Crippen LogP contribution in [-0.4, -0.2) is 39.3 Å². The normalized spacial score (nSPS) is 12.4. The van der Waals surface area contributed by atoms with E-state index < -0.39 is 0 Å². The van der Waals surface area contributed by atoms with Gasteiger partial charge in [0.2, 0.25) is 5.82 Å². The molecule has 3 N–H and O–H groups in total. The lowest BCUT2D eigenvalue weighted by molar-refractivity contribution is 0.0942. The van der Waals surface area contributed by atoms with Crippen LogP contribution in [0, 0.1) is 12.8 Å². The standard InChI is InChI=1S/C10H18N4O2/c1-7(6-15)4-3-5-11-10(16)9-12-8(2)13-14-9/h7,15H,3-6H2,1-2H3,(H,11,16)(H,12,13,14). The maximum absolute atomic E-state index is 11.5. The number of nitrogens with zero attached hydrogens (tertiary/aromatic N) is 2. The van der Waals surface area contributed by atoms with Gasteiger partial charge in [-0.2, -0.15) is 0 Å². The summed E-state index contributed by atoms with van der Waals surface area (Å²) in [6, 6.07) is 0. The number of aliphatic hydroxyl groups excluding tert-OH is 1. The number of nitrogens with one attached hydrogen (secondary N) is 2. The number of rotatable bonds is 6. The van der Waals surface area contributed by atoms with E-state index in [0.717, 1.165) is 12.8 Å². The smallest absolute Gasteiger partial charge is 0.290 e. The fourth-order valence-corrected chi connectivity index (χ4v) is 1.27. The summed E-state index contributed by atoms with van der Waals surface area (Å²) in [7, 11) is 0. The molecule has 0 aliphatic heterocycles. The molecular formula is C10H18N4O2. The van der Waals surface area contributed by atoms with Gasteiger partial charge in [0.05, 0.1) is 0 Å². The topological polar surface area (TPSA) is 90.9 Å². The maximum atomic E-state index is 11.5. The molecule has 1 rings (SSSR count). The van der Waals surface area contributed by atoms with E-state index in [0.29, 0.717) is 12.4 Å². The second-order valence-corrected chi connectivity index (χ2v) is 3.93. The number of hydrogen-bond acceptors (Lipinski definition) is 4. The van der Waals surface area contributed by atoms with Gasteiger partial charge in [-0.15, -0.1) is 5.10 Å². The lowest BCUT2D eigenvalue weighted by Crippen LogP contribution is -2.26. The summed E-state index contributed by atoms with van der Waals surface area (Å²) in [5.41, 5.74) is 0. The van der Waals surface area contributed by atoms with E-state index in [-0.39, 0.29) is 24.3 Å². The highest BCUT2D eigenvalue weighted by molar-refractivity contribution is 5.90. The first kappa shape index (κ1) is 12.6. The van der Waals surface area contributed by atoms with Crippen LogP contribution < -0.4 is 5.32 Å². The number of hydrogen-bond donors (Lipinski definition) is 3. The summed E-state index contributed by atoms with van der Waals surface area (Å²) >= 11 is 0. The monoisotopic (exact) mass is 226 g/mol. The first-order valence-corrected chi connectivity index (χ1v) is 5.41. The Labute approximate surface area is 94.5 Å². The predicted octanol–water partition coefficient (Wildman–Crippen LogP) is 0.252. The van der Waals surface area contributed by atoms with Crippen molar-refractivity contribution in [3.05, 3.63) is 11.6 Å². The van der Waals surface area contributed by atoms with Crippen molar-refractivity contribution in [1.29, 1.82) is 0 Å². The molecule has 0 aliphatic carbocycles. The van der Waals surface area contributed by atoms with Gasteiger partial charge >= 0.3 is 0 Å². The molecule has 1 unspecified atom stereocenters. The van der Waals surface area contributed by atoms with Crippen molar-refractivity contribution in [2.75, 3.05) is 13.2 Å². The molecule has 1 atom stereocenters. The number of aromatic amines is 1. The number of aryl methyl sites for hydroxylation is 1. The average Bonchev–Trinajstić information content (AvgIpc) is 2.70. The van der Waals surface area contributed by atoms with Crippen molar-refractivity contribution < 1.29 is 9.90 Å². The van der Waals surface area contributed by atoms with Gasteiger partial charge in [-0.25, -0.2) is 4.98 Å². The van der Waals surface area contributed by atoms with Crippen LogP contribution in [0.5, 0.6) is 0 Å². The van der Waals surface area contributed by atoms with Gasteiger partial charge in [0, 0.05) is 13.2 Å². The molecule has 16 heavy (non-hydrogen) atoms. The second kappa shape index (κ2) is 6.22. The third-order valence-corrected chi connectivity index (χ3v) is 2.27. The number of H-pyrrole nitrogens is 1. The minimum atomic E-state index is -0.263. The minimum absolute atomic E-state index is 0.174. The van der Waals surface area contributed by atoms with Crippen LogP contribution in [0.2, 0.25) is 0 Å². The molecule has 0 spiro atoms.